The molecule has 0 fully saturated rings. The molecule has 0 bridgehead atoms. The number of thiophene rings is 1. The summed E-state index contributed by atoms with van der Waals surface area (Å²) in [7, 11) is 1.92. The van der Waals surface area contributed by atoms with Crippen LogP contribution in [0.1, 0.15) is 27.7 Å². The zero-order chi connectivity index (χ0) is 14.7. The van der Waals surface area contributed by atoms with Gasteiger partial charge in [-0.3, -0.25) is 4.79 Å². The van der Waals surface area contributed by atoms with Crippen LogP contribution in [-0.2, 0) is 6.54 Å². The average molecular weight is 349 g/mol. The van der Waals surface area contributed by atoms with E-state index in [-0.39, 0.29) is 5.78 Å². The molecule has 1 heterocycles. The number of carbonyl (C=O) groups excluding carboxylic acids is 1. The highest BCUT2D eigenvalue weighted by molar-refractivity contribution is 9.11. The molecule has 2 aromatic rings. The molecule has 20 heavy (non-hydrogen) atoms. The molecule has 0 saturated carbocycles. The Kier molecular flexibility index (Phi) is 4.58. The standard InChI is InChI=1S/C15H13BrN2OS/c1-10(19)11-3-4-12(8-17)14(7-11)18(2)9-13-5-6-15(16)20-13/h3-7H,9H2,1-2H3. The number of halogens is 1. The third kappa shape index (κ3) is 3.27. The Morgan fingerprint density at radius 2 is 2.15 bits per heavy atom. The maximum Gasteiger partial charge on any atom is 0.159 e. The molecule has 5 heteroatoms. The van der Waals surface area contributed by atoms with Gasteiger partial charge >= 0.3 is 0 Å². The van der Waals surface area contributed by atoms with Gasteiger partial charge in [-0.05, 0) is 53.2 Å². The fraction of sp³-hybridized carbons (Fsp3) is 0.200. The summed E-state index contributed by atoms with van der Waals surface area (Å²) in [6, 6.07) is 11.4. The molecule has 0 radical (unpaired) electrons. The van der Waals surface area contributed by atoms with Crippen molar-refractivity contribution in [2.24, 2.45) is 0 Å². The van der Waals surface area contributed by atoms with Crippen molar-refractivity contribution in [2.45, 2.75) is 13.5 Å². The molecule has 0 atom stereocenters. The second-order valence-electron chi connectivity index (χ2n) is 4.46. The summed E-state index contributed by atoms with van der Waals surface area (Å²) < 4.78 is 1.08. The van der Waals surface area contributed by atoms with Crippen LogP contribution < -0.4 is 4.90 Å². The Morgan fingerprint density at radius 1 is 1.40 bits per heavy atom. The van der Waals surface area contributed by atoms with Crippen LogP contribution in [0.5, 0.6) is 0 Å². The minimum Gasteiger partial charge on any atom is -0.368 e. The Balaban J connectivity index is 2.32. The van der Waals surface area contributed by atoms with Crippen molar-refractivity contribution in [1.29, 1.82) is 5.26 Å². The third-order valence-corrected chi connectivity index (χ3v) is 4.57. The summed E-state index contributed by atoms with van der Waals surface area (Å²) >= 11 is 5.10. The monoisotopic (exact) mass is 348 g/mol. The Morgan fingerprint density at radius 3 is 2.70 bits per heavy atom. The highest BCUT2D eigenvalue weighted by Gasteiger charge is 2.11. The fourth-order valence-electron chi connectivity index (χ4n) is 1.92. The highest BCUT2D eigenvalue weighted by atomic mass is 79.9. The van der Waals surface area contributed by atoms with Gasteiger partial charge in [0, 0.05) is 17.5 Å². The van der Waals surface area contributed by atoms with Gasteiger partial charge in [0.25, 0.3) is 0 Å². The molecule has 0 aliphatic rings. The van der Waals surface area contributed by atoms with Crippen LogP contribution in [0.15, 0.2) is 34.1 Å². The topological polar surface area (TPSA) is 44.1 Å². The quantitative estimate of drug-likeness (QED) is 0.777. The van der Waals surface area contributed by atoms with Gasteiger partial charge in [-0.1, -0.05) is 0 Å². The largest absolute Gasteiger partial charge is 0.368 e. The number of nitriles is 1. The van der Waals surface area contributed by atoms with Gasteiger partial charge in [-0.2, -0.15) is 5.26 Å². The molecule has 3 nitrogen and oxygen atoms in total. The van der Waals surface area contributed by atoms with E-state index < -0.39 is 0 Å². The number of hydrogen-bond acceptors (Lipinski definition) is 4. The molecule has 1 aromatic carbocycles. The number of anilines is 1. The molecular weight excluding hydrogens is 336 g/mol. The molecule has 0 saturated heterocycles. The number of rotatable bonds is 4. The van der Waals surface area contributed by atoms with Gasteiger partial charge in [0.1, 0.15) is 6.07 Å². The molecule has 0 aliphatic heterocycles. The molecule has 0 amide bonds. The van der Waals surface area contributed by atoms with Gasteiger partial charge in [-0.25, -0.2) is 0 Å². The summed E-state index contributed by atoms with van der Waals surface area (Å²) in [4.78, 5) is 14.7. The zero-order valence-corrected chi connectivity index (χ0v) is 13.6. The second-order valence-corrected chi connectivity index (χ2v) is 7.01. The highest BCUT2D eigenvalue weighted by Crippen LogP contribution is 2.27. The van der Waals surface area contributed by atoms with E-state index in [1.165, 1.54) is 11.8 Å². The summed E-state index contributed by atoms with van der Waals surface area (Å²) in [6.07, 6.45) is 0. The van der Waals surface area contributed by atoms with Crippen LogP contribution in [0.2, 0.25) is 0 Å². The minimum absolute atomic E-state index is 0.00279. The van der Waals surface area contributed by atoms with E-state index in [9.17, 15) is 10.1 Å². The van der Waals surface area contributed by atoms with Crippen molar-refractivity contribution < 1.29 is 4.79 Å². The third-order valence-electron chi connectivity index (χ3n) is 2.96. The number of nitrogens with zero attached hydrogens (tertiary/aromatic N) is 2. The lowest BCUT2D eigenvalue weighted by molar-refractivity contribution is 0.101. The maximum atomic E-state index is 11.5. The number of Topliss-reactive ketones (excluding diaryl/α,β-unsaturated/α-hetero) is 1. The SMILES string of the molecule is CC(=O)c1ccc(C#N)c(N(C)Cc2ccc(Br)s2)c1. The molecule has 1 aromatic heterocycles. The van der Waals surface area contributed by atoms with Crippen molar-refractivity contribution >= 4 is 38.7 Å². The molecule has 0 aliphatic carbocycles. The predicted octanol–water partition coefficient (Wildman–Crippen LogP) is 4.22. The van der Waals surface area contributed by atoms with Crippen LogP contribution in [0.3, 0.4) is 0 Å². The van der Waals surface area contributed by atoms with Crippen molar-refractivity contribution in [3.63, 3.8) is 0 Å². The number of ketones is 1. The van der Waals surface area contributed by atoms with Crippen LogP contribution in [0.25, 0.3) is 0 Å². The van der Waals surface area contributed by atoms with Crippen molar-refractivity contribution in [2.75, 3.05) is 11.9 Å². The second kappa shape index (κ2) is 6.21. The molecule has 0 N–H and O–H groups in total. The predicted molar refractivity (Wildman–Crippen MR) is 85.3 cm³/mol. The van der Waals surface area contributed by atoms with E-state index >= 15 is 0 Å². The van der Waals surface area contributed by atoms with Crippen molar-refractivity contribution in [1.82, 2.24) is 0 Å². The molecular formula is C15H13BrN2OS. The van der Waals surface area contributed by atoms with E-state index in [1.807, 2.05) is 24.1 Å². The molecule has 102 valence electrons. The van der Waals surface area contributed by atoms with Crippen LogP contribution in [0.4, 0.5) is 5.69 Å². The van der Waals surface area contributed by atoms with Crippen molar-refractivity contribution in [3.05, 3.63) is 50.1 Å². The molecule has 2 rings (SSSR count). The van der Waals surface area contributed by atoms with E-state index in [4.69, 9.17) is 0 Å². The lowest BCUT2D eigenvalue weighted by Crippen LogP contribution is -2.17. The van der Waals surface area contributed by atoms with E-state index in [2.05, 4.69) is 22.0 Å². The van der Waals surface area contributed by atoms with Gasteiger partial charge < -0.3 is 4.90 Å². The molecule has 0 spiro atoms. The van der Waals surface area contributed by atoms with Gasteiger partial charge in [0.15, 0.2) is 5.78 Å². The van der Waals surface area contributed by atoms with Crippen LogP contribution in [0, 0.1) is 11.3 Å². The van der Waals surface area contributed by atoms with Gasteiger partial charge in [0.2, 0.25) is 0 Å². The number of hydrogen-bond donors (Lipinski definition) is 0. The first kappa shape index (κ1) is 14.8. The number of benzene rings is 1. The summed E-state index contributed by atoms with van der Waals surface area (Å²) in [6.45, 7) is 2.23. The first-order chi connectivity index (χ1) is 9.51. The lowest BCUT2D eigenvalue weighted by atomic mass is 10.1. The van der Waals surface area contributed by atoms with Gasteiger partial charge in [0.05, 0.1) is 21.6 Å². The van der Waals surface area contributed by atoms with Crippen molar-refractivity contribution in [3.8, 4) is 6.07 Å². The average Bonchev–Trinajstić information content (AvgIpc) is 2.83. The summed E-state index contributed by atoms with van der Waals surface area (Å²) in [5, 5.41) is 9.20. The first-order valence-corrected chi connectivity index (χ1v) is 7.62. The van der Waals surface area contributed by atoms with Gasteiger partial charge in [-0.15, -0.1) is 11.3 Å². The van der Waals surface area contributed by atoms with E-state index in [0.717, 1.165) is 9.47 Å². The Hall–Kier alpha value is -1.64. The van der Waals surface area contributed by atoms with Crippen LogP contribution >= 0.6 is 27.3 Å². The zero-order valence-electron chi connectivity index (χ0n) is 11.2. The Bertz CT molecular complexity index is 687. The summed E-state index contributed by atoms with van der Waals surface area (Å²) in [5.41, 5.74) is 1.98. The minimum atomic E-state index is 0.00279. The maximum absolute atomic E-state index is 11.5. The molecule has 0 unspecified atom stereocenters. The van der Waals surface area contributed by atoms with E-state index in [1.54, 1.807) is 29.5 Å². The lowest BCUT2D eigenvalue weighted by Gasteiger charge is -2.20. The van der Waals surface area contributed by atoms with E-state index in [0.29, 0.717) is 17.7 Å². The first-order valence-electron chi connectivity index (χ1n) is 6.01. The summed E-state index contributed by atoms with van der Waals surface area (Å²) in [5.74, 6) is 0.00279. The fourth-order valence-corrected chi connectivity index (χ4v) is 3.45. The smallest absolute Gasteiger partial charge is 0.159 e. The number of carbonyl (C=O) groups is 1. The Labute approximate surface area is 130 Å². The normalized spacial score (nSPS) is 10.1. The van der Waals surface area contributed by atoms with Crippen LogP contribution in [-0.4, -0.2) is 12.8 Å².